The topological polar surface area (TPSA) is 609 Å². The van der Waals surface area contributed by atoms with Crippen molar-refractivity contribution in [3.05, 3.63) is 72.3 Å². The first-order valence-corrected chi connectivity index (χ1v) is 45.6. The molecular formula is C78H129N15O28P2. The molecule has 2 aliphatic rings. The Kier molecular flexibility index (Phi) is 48.0. The zero-order valence-electron chi connectivity index (χ0n) is 70.3. The van der Waals surface area contributed by atoms with Gasteiger partial charge in [0.1, 0.15) is 54.2 Å². The van der Waals surface area contributed by atoms with E-state index in [1.165, 1.54) is 48.5 Å². The van der Waals surface area contributed by atoms with Crippen LogP contribution in [-0.4, -0.2) is 306 Å². The van der Waals surface area contributed by atoms with Crippen molar-refractivity contribution in [2.24, 2.45) is 0 Å². The number of unbranched alkanes of at least 4 members (excludes halogenated alkanes) is 5. The Morgan fingerprint density at radius 3 is 1.34 bits per heavy atom. The van der Waals surface area contributed by atoms with Crippen LogP contribution in [0.25, 0.3) is 0 Å². The molecule has 2 aromatic heterocycles. The first-order chi connectivity index (χ1) is 58.8. The highest BCUT2D eigenvalue weighted by Gasteiger charge is 2.47. The van der Waals surface area contributed by atoms with Crippen molar-refractivity contribution in [1.29, 1.82) is 0 Å². The fraction of sp³-hybridized carbons (Fsp3) is 0.705. The number of aliphatic hydroxyl groups is 6. The number of amides is 9. The number of nitrogens with one attached hydrogen (secondary N) is 9. The standard InChI is InChI=1S/C78H129N15O28P2/c1-4-117-78(2,3)33-38-81-65(96)30-42-113-44-46-115-48-49-116-47-45-114-43-39-82-73(104)60(18-7-12-34-79-63(94)19-8-13-40-92-52-56(88-90-92)16-5-10-35-83-76(105)85-54-22-26-58(27-23-54)118-74-71(102)69(100)67(98)61(120-74)31-50-122(107,108)109)87-66(97)21-15-37-80-64(95)20-9-14-41-93-53-57(89-91-93)17-6-11-36-84-77(106)86-55-24-28-59(29-25-55)119-75-72(103)70(101)68(99)62(121-75)32-51-123(110,111)112/h22-29,52-53,60-62,67-72,74-75,98-103H,4-21,30-51H2,1-3H3,(H,79,94)(H,80,95)(H,81,96)(H,82,104)(H,87,97)(H2,83,85,105)(H2,84,86,106)(H2,107,108,109)(H2,110,111,112)/t60-,61+,62+,67+,68+,69-,70-,71-,72-,74-,75-/m0/s1. The van der Waals surface area contributed by atoms with E-state index in [1.807, 2.05) is 33.2 Å². The number of urea groups is 2. The van der Waals surface area contributed by atoms with Crippen LogP contribution in [0.5, 0.6) is 11.5 Å². The van der Waals surface area contributed by atoms with Gasteiger partial charge in [0.2, 0.25) is 42.1 Å². The third-order valence-corrected chi connectivity index (χ3v) is 21.2. The highest BCUT2D eigenvalue weighted by atomic mass is 31.2. The number of anilines is 2. The normalized spacial score (nSPS) is 19.5. The van der Waals surface area contributed by atoms with E-state index in [-0.39, 0.29) is 112 Å². The molecule has 0 saturated carbocycles. The van der Waals surface area contributed by atoms with Gasteiger partial charge in [0.15, 0.2) is 0 Å². The van der Waals surface area contributed by atoms with Gasteiger partial charge in [-0.1, -0.05) is 10.4 Å². The molecule has 43 nitrogen and oxygen atoms in total. The maximum absolute atomic E-state index is 13.5. The van der Waals surface area contributed by atoms with Crippen LogP contribution in [-0.2, 0) is 92.2 Å². The first kappa shape index (κ1) is 104. The second-order valence-corrected chi connectivity index (χ2v) is 34.0. The van der Waals surface area contributed by atoms with Crippen LogP contribution in [0.4, 0.5) is 21.0 Å². The van der Waals surface area contributed by atoms with E-state index >= 15 is 0 Å². The number of ether oxygens (including phenoxy) is 9. The molecule has 6 rings (SSSR count). The van der Waals surface area contributed by atoms with Crippen LogP contribution in [0, 0.1) is 0 Å². The molecule has 0 bridgehead atoms. The van der Waals surface area contributed by atoms with Crippen molar-refractivity contribution in [2.75, 3.05) is 122 Å². The number of aryl methyl sites for hydroxylation is 4. The van der Waals surface area contributed by atoms with Gasteiger partial charge in [0.05, 0.1) is 94.4 Å². The van der Waals surface area contributed by atoms with Crippen LogP contribution in [0.2, 0.25) is 0 Å². The predicted molar refractivity (Wildman–Crippen MR) is 443 cm³/mol. The molecule has 9 amide bonds. The number of aromatic nitrogens is 6. The van der Waals surface area contributed by atoms with Gasteiger partial charge in [-0.2, -0.15) is 0 Å². The number of nitrogens with zero attached hydrogens (tertiary/aromatic N) is 6. The quantitative estimate of drug-likeness (QED) is 0.0219. The highest BCUT2D eigenvalue weighted by molar-refractivity contribution is 7.52. The number of aliphatic hydroxyl groups excluding tert-OH is 6. The average Bonchev–Trinajstić information content (AvgIpc) is 1.58. The molecule has 0 radical (unpaired) electrons. The van der Waals surface area contributed by atoms with E-state index in [0.29, 0.717) is 187 Å². The lowest BCUT2D eigenvalue weighted by molar-refractivity contribution is -0.272. The molecule has 2 fully saturated rings. The summed E-state index contributed by atoms with van der Waals surface area (Å²) in [5.74, 6) is -0.780. The van der Waals surface area contributed by atoms with Crippen LogP contribution >= 0.6 is 15.2 Å². The molecule has 2 aliphatic heterocycles. The summed E-state index contributed by atoms with van der Waals surface area (Å²) in [7, 11) is -8.85. The lowest BCUT2D eigenvalue weighted by atomic mass is 9.97. The monoisotopic (exact) mass is 1790 g/mol. The smallest absolute Gasteiger partial charge is 0.325 e. The first-order valence-electron chi connectivity index (χ1n) is 42.0. The maximum atomic E-state index is 13.5. The molecular weight excluding hydrogens is 1660 g/mol. The largest absolute Gasteiger partial charge is 0.462 e. The molecule has 11 atom stereocenters. The molecule has 45 heteroatoms. The second-order valence-electron chi connectivity index (χ2n) is 30.4. The summed E-state index contributed by atoms with van der Waals surface area (Å²) in [6.07, 6.45) is -3.69. The zero-order chi connectivity index (χ0) is 89.4. The summed E-state index contributed by atoms with van der Waals surface area (Å²) in [5.41, 5.74) is 2.08. The maximum Gasteiger partial charge on any atom is 0.325 e. The zero-order valence-corrected chi connectivity index (χ0v) is 72.1. The number of rotatable bonds is 63. The van der Waals surface area contributed by atoms with Crippen LogP contribution in [0.15, 0.2) is 60.9 Å². The van der Waals surface area contributed by atoms with Gasteiger partial charge in [-0.15, -0.1) is 10.2 Å². The molecule has 4 heterocycles. The Morgan fingerprint density at radius 1 is 0.463 bits per heavy atom. The third-order valence-electron chi connectivity index (χ3n) is 19.5. The van der Waals surface area contributed by atoms with Crippen molar-refractivity contribution >= 4 is 68.2 Å². The van der Waals surface area contributed by atoms with E-state index in [4.69, 9.17) is 42.6 Å². The SMILES string of the molecule is CCOC(C)(C)CCNC(=O)CCOCCOCCOCCOCCNC(=O)[C@H](CCCCNC(=O)CCCCn1cc(CCCCNC(=O)Nc2ccc(O[C@H]3O[C@H](CCP(=O)(O)O)[C@@H](O)[C@H](O)[C@@H]3O)cc2)nn1)NC(=O)CCCNC(=O)CCCCn1cc(CCCCNC(=O)Nc2ccc(O[C@H]3O[C@H](CCP(=O)(O)O)[C@@H](O)[C@H](O)[C@@H]3O)cc2)nn1. The number of carbonyl (C=O) groups excluding carboxylic acids is 7. The number of hydrogen-bond acceptors (Lipinski definition) is 28. The molecule has 2 aromatic carbocycles. The van der Waals surface area contributed by atoms with Gasteiger partial charge in [0, 0.05) is 108 Å². The van der Waals surface area contributed by atoms with Crippen LogP contribution in [0.3, 0.4) is 0 Å². The van der Waals surface area contributed by atoms with E-state index in [9.17, 15) is 92.9 Å². The summed E-state index contributed by atoms with van der Waals surface area (Å²) >= 11 is 0. The van der Waals surface area contributed by atoms with Gasteiger partial charge < -0.3 is 141 Å². The summed E-state index contributed by atoms with van der Waals surface area (Å²) in [6, 6.07) is 10.3. The van der Waals surface area contributed by atoms with Crippen molar-refractivity contribution in [1.82, 2.24) is 67.2 Å². The molecule has 4 aromatic rings. The third kappa shape index (κ3) is 44.1. The van der Waals surface area contributed by atoms with Crippen molar-refractivity contribution < 1.29 is 136 Å². The number of hydrogen-bond donors (Lipinski definition) is 19. The van der Waals surface area contributed by atoms with Crippen molar-refractivity contribution in [3.8, 4) is 11.5 Å². The Hall–Kier alpha value is -8.01. The van der Waals surface area contributed by atoms with Gasteiger partial charge in [-0.05, 0) is 178 Å². The highest BCUT2D eigenvalue weighted by Crippen LogP contribution is 2.39. The Morgan fingerprint density at radius 2 is 0.878 bits per heavy atom. The molecule has 0 unspecified atom stereocenters. The van der Waals surface area contributed by atoms with Crippen molar-refractivity contribution in [2.45, 2.75) is 242 Å². The minimum atomic E-state index is -4.42. The van der Waals surface area contributed by atoms with E-state index in [2.05, 4.69) is 68.5 Å². The Balaban J connectivity index is 0.802. The Labute approximate surface area is 715 Å². The van der Waals surface area contributed by atoms with E-state index in [1.54, 1.807) is 9.36 Å². The van der Waals surface area contributed by atoms with Gasteiger partial charge in [-0.25, -0.2) is 9.59 Å². The number of benzene rings is 2. The predicted octanol–water partition coefficient (Wildman–Crippen LogP) is 1.27. The van der Waals surface area contributed by atoms with Crippen molar-refractivity contribution in [3.63, 3.8) is 0 Å². The molecule has 0 spiro atoms. The molecule has 19 N–H and O–H groups in total. The fourth-order valence-electron chi connectivity index (χ4n) is 12.7. The summed E-state index contributed by atoms with van der Waals surface area (Å²) < 4.78 is 76.4. The van der Waals surface area contributed by atoms with Gasteiger partial charge in [-0.3, -0.25) is 42.5 Å². The lowest BCUT2D eigenvalue weighted by Crippen LogP contribution is -2.59. The van der Waals surface area contributed by atoms with Gasteiger partial charge >= 0.3 is 27.3 Å². The molecule has 123 heavy (non-hydrogen) atoms. The number of carbonyl (C=O) groups is 7. The summed E-state index contributed by atoms with van der Waals surface area (Å²) in [5, 5.41) is 104. The fourth-order valence-corrected chi connectivity index (χ4v) is 13.9. The van der Waals surface area contributed by atoms with Gasteiger partial charge in [0.25, 0.3) is 0 Å². The van der Waals surface area contributed by atoms with Crippen LogP contribution < -0.4 is 57.3 Å². The molecule has 694 valence electrons. The van der Waals surface area contributed by atoms with Crippen LogP contribution in [0.1, 0.15) is 154 Å². The summed E-state index contributed by atoms with van der Waals surface area (Å²) in [6.45, 7) is 12.0. The minimum absolute atomic E-state index is 0.0493. The minimum Gasteiger partial charge on any atom is -0.462 e. The molecule has 2 saturated heterocycles. The second kappa shape index (κ2) is 56.9. The average molecular weight is 1790 g/mol. The Bertz CT molecular complexity index is 3830. The lowest BCUT2D eigenvalue weighted by Gasteiger charge is -2.40. The van der Waals surface area contributed by atoms with E-state index in [0.717, 1.165) is 11.4 Å². The molecule has 0 aliphatic carbocycles. The van der Waals surface area contributed by atoms with E-state index < -0.39 is 113 Å². The summed E-state index contributed by atoms with van der Waals surface area (Å²) in [4.78, 5) is 127.